The molecule has 10 heteroatoms. The Morgan fingerprint density at radius 2 is 1.90 bits per heavy atom. The van der Waals surface area contributed by atoms with Crippen LogP contribution in [0.15, 0.2) is 12.3 Å². The highest BCUT2D eigenvalue weighted by molar-refractivity contribution is 6.74. The molecule has 2 aromatic heterocycles. The highest BCUT2D eigenvalue weighted by Gasteiger charge is 2.56. The zero-order chi connectivity index (χ0) is 22.1. The molecule has 0 unspecified atom stereocenters. The first-order valence-electron chi connectivity index (χ1n) is 10.2. The normalized spacial score (nSPS) is 28.9. The highest BCUT2D eigenvalue weighted by atomic mass is 35.5. The lowest BCUT2D eigenvalue weighted by atomic mass is 10.1. The summed E-state index contributed by atoms with van der Waals surface area (Å²) in [5.74, 6) is -0.593. The lowest BCUT2D eigenvalue weighted by Crippen LogP contribution is -2.44. The fourth-order valence-electron chi connectivity index (χ4n) is 3.74. The quantitative estimate of drug-likeness (QED) is 0.548. The number of nitrogen functional groups attached to an aromatic ring is 1. The van der Waals surface area contributed by atoms with E-state index in [0.29, 0.717) is 22.8 Å². The van der Waals surface area contributed by atoms with Crippen molar-refractivity contribution in [3.8, 4) is 0 Å². The predicted octanol–water partition coefficient (Wildman–Crippen LogP) is 4.11. The van der Waals surface area contributed by atoms with Crippen LogP contribution in [0, 0.1) is 0 Å². The fourth-order valence-corrected chi connectivity index (χ4v) is 4.99. The average Bonchev–Trinajstić information content (AvgIpc) is 3.23. The predicted molar refractivity (Wildman–Crippen MR) is 118 cm³/mol. The number of anilines is 1. The fraction of sp³-hybridized carbons (Fsp3) is 0.700. The summed E-state index contributed by atoms with van der Waals surface area (Å²) < 4.78 is 27.2. The molecule has 2 aliphatic heterocycles. The van der Waals surface area contributed by atoms with Crippen LogP contribution in [0.4, 0.5) is 5.95 Å². The monoisotopic (exact) mass is 454 g/mol. The number of hydrogen-bond acceptors (Lipinski definition) is 7. The molecule has 0 spiro atoms. The van der Waals surface area contributed by atoms with Gasteiger partial charge < -0.3 is 28.9 Å². The number of hydrogen-bond donors (Lipinski definition) is 1. The minimum Gasteiger partial charge on any atom is -0.414 e. The molecule has 0 radical (unpaired) electrons. The molecule has 0 aliphatic carbocycles. The maximum atomic E-state index is 6.45. The van der Waals surface area contributed by atoms with Crippen LogP contribution in [0.1, 0.15) is 40.8 Å². The van der Waals surface area contributed by atoms with Gasteiger partial charge in [-0.05, 0) is 38.0 Å². The largest absolute Gasteiger partial charge is 0.414 e. The van der Waals surface area contributed by atoms with E-state index in [-0.39, 0.29) is 29.3 Å². The Bertz CT molecular complexity index is 958. The van der Waals surface area contributed by atoms with Crippen LogP contribution in [0.2, 0.25) is 23.3 Å². The summed E-state index contributed by atoms with van der Waals surface area (Å²) in [5, 5.41) is 1.14. The van der Waals surface area contributed by atoms with Crippen molar-refractivity contribution < 1.29 is 18.6 Å². The van der Waals surface area contributed by atoms with Gasteiger partial charge in [0.15, 0.2) is 20.3 Å². The van der Waals surface area contributed by atoms with Crippen molar-refractivity contribution in [1.29, 1.82) is 0 Å². The molecule has 0 saturated carbocycles. The number of nitrogens with zero attached hydrogens (tertiary/aromatic N) is 3. The number of fused-ring (bicyclic) bond motifs is 2. The van der Waals surface area contributed by atoms with Crippen molar-refractivity contribution in [2.45, 2.75) is 83.1 Å². The molecule has 0 amide bonds. The summed E-state index contributed by atoms with van der Waals surface area (Å²) in [6.07, 6.45) is 0.620. The van der Waals surface area contributed by atoms with E-state index in [4.69, 9.17) is 36.0 Å². The molecule has 2 aromatic rings. The molecule has 30 heavy (non-hydrogen) atoms. The molecule has 4 heterocycles. The second-order valence-corrected chi connectivity index (χ2v) is 15.2. The van der Waals surface area contributed by atoms with Gasteiger partial charge in [-0.3, -0.25) is 0 Å². The van der Waals surface area contributed by atoms with Gasteiger partial charge in [0.1, 0.15) is 29.1 Å². The van der Waals surface area contributed by atoms with Gasteiger partial charge in [-0.25, -0.2) is 4.98 Å². The molecule has 0 aromatic carbocycles. The average molecular weight is 455 g/mol. The standard InChI is InChI=1S/C20H31ClN4O4Si/c1-19(2,3)30(6,7)26-10-12-13-14(29-20(4,5)28-13)17(27-12)25-9-8-11-15(21)23-18(22)24-16(11)25/h8-9,12-14,17H,10H2,1-7H3,(H2,22,23,24)/t12-,13-,14-,17+/m1/s1. The Morgan fingerprint density at radius 1 is 1.23 bits per heavy atom. The van der Waals surface area contributed by atoms with Crippen LogP contribution < -0.4 is 5.73 Å². The maximum absolute atomic E-state index is 6.45. The van der Waals surface area contributed by atoms with Gasteiger partial charge >= 0.3 is 0 Å². The molecule has 4 rings (SSSR count). The Hall–Kier alpha value is -1.23. The van der Waals surface area contributed by atoms with Crippen LogP contribution in [0.5, 0.6) is 0 Å². The minimum atomic E-state index is -1.94. The van der Waals surface area contributed by atoms with E-state index in [2.05, 4.69) is 43.8 Å². The molecule has 8 nitrogen and oxygen atoms in total. The zero-order valence-corrected chi connectivity index (χ0v) is 20.4. The highest BCUT2D eigenvalue weighted by Crippen LogP contribution is 2.45. The van der Waals surface area contributed by atoms with Crippen molar-refractivity contribution in [1.82, 2.24) is 14.5 Å². The summed E-state index contributed by atoms with van der Waals surface area (Å²) in [5.41, 5.74) is 6.44. The Labute approximate surface area is 183 Å². The summed E-state index contributed by atoms with van der Waals surface area (Å²) in [6, 6.07) is 1.86. The minimum absolute atomic E-state index is 0.110. The molecule has 166 valence electrons. The smallest absolute Gasteiger partial charge is 0.223 e. The summed E-state index contributed by atoms with van der Waals surface area (Å²) in [7, 11) is -1.94. The third kappa shape index (κ3) is 3.76. The summed E-state index contributed by atoms with van der Waals surface area (Å²) >= 11 is 6.25. The van der Waals surface area contributed by atoms with Crippen LogP contribution in [0.3, 0.4) is 0 Å². The van der Waals surface area contributed by atoms with Gasteiger partial charge in [-0.1, -0.05) is 32.4 Å². The number of rotatable bonds is 4. The van der Waals surface area contributed by atoms with E-state index in [9.17, 15) is 0 Å². The van der Waals surface area contributed by atoms with Crippen molar-refractivity contribution >= 4 is 36.9 Å². The molecule has 4 atom stereocenters. The molecule has 2 fully saturated rings. The maximum Gasteiger partial charge on any atom is 0.223 e. The van der Waals surface area contributed by atoms with Crippen LogP contribution in [-0.4, -0.2) is 53.6 Å². The van der Waals surface area contributed by atoms with Crippen molar-refractivity contribution in [3.63, 3.8) is 0 Å². The summed E-state index contributed by atoms with van der Waals surface area (Å²) in [4.78, 5) is 8.41. The molecule has 2 N–H and O–H groups in total. The molecule has 0 bridgehead atoms. The Kier molecular flexibility index (Phi) is 5.23. The van der Waals surface area contributed by atoms with Crippen molar-refractivity contribution in [2.24, 2.45) is 0 Å². The topological polar surface area (TPSA) is 93.7 Å². The first-order chi connectivity index (χ1) is 13.8. The lowest BCUT2D eigenvalue weighted by Gasteiger charge is -2.37. The van der Waals surface area contributed by atoms with Gasteiger partial charge in [0.05, 0.1) is 12.0 Å². The zero-order valence-electron chi connectivity index (χ0n) is 18.6. The van der Waals surface area contributed by atoms with E-state index in [1.165, 1.54) is 0 Å². The van der Waals surface area contributed by atoms with Crippen LogP contribution in [0.25, 0.3) is 11.0 Å². The number of halogens is 1. The van der Waals surface area contributed by atoms with Gasteiger partial charge in [0.2, 0.25) is 5.95 Å². The van der Waals surface area contributed by atoms with Crippen molar-refractivity contribution in [2.75, 3.05) is 12.3 Å². The van der Waals surface area contributed by atoms with E-state index in [0.717, 1.165) is 0 Å². The van der Waals surface area contributed by atoms with Gasteiger partial charge in [-0.2, -0.15) is 4.98 Å². The summed E-state index contributed by atoms with van der Waals surface area (Å²) in [6.45, 7) is 15.4. The number of ether oxygens (including phenoxy) is 3. The first kappa shape index (κ1) is 22.0. The van der Waals surface area contributed by atoms with Crippen LogP contribution >= 0.6 is 11.6 Å². The first-order valence-corrected chi connectivity index (χ1v) is 13.5. The van der Waals surface area contributed by atoms with E-state index >= 15 is 0 Å². The number of aromatic nitrogens is 3. The van der Waals surface area contributed by atoms with E-state index in [1.54, 1.807) is 0 Å². The van der Waals surface area contributed by atoms with Gasteiger partial charge in [0, 0.05) is 6.20 Å². The third-order valence-corrected chi connectivity index (χ3v) is 11.1. The van der Waals surface area contributed by atoms with Gasteiger partial charge in [0.25, 0.3) is 0 Å². The SMILES string of the molecule is CC1(C)O[C@@H]2[C@H](O1)[C@@H](CO[Si](C)(C)C(C)(C)C)O[C@@H]2n1ccc2c(Cl)nc(N)nc21. The van der Waals surface area contributed by atoms with E-state index < -0.39 is 20.3 Å². The van der Waals surface area contributed by atoms with Gasteiger partial charge in [-0.15, -0.1) is 0 Å². The van der Waals surface area contributed by atoms with Crippen molar-refractivity contribution in [3.05, 3.63) is 17.4 Å². The number of nitrogens with two attached hydrogens (primary N) is 1. The second-order valence-electron chi connectivity index (χ2n) is 10.0. The second kappa shape index (κ2) is 7.14. The molecule has 2 aliphatic rings. The molecular formula is C20H31ClN4O4Si. The Morgan fingerprint density at radius 3 is 2.57 bits per heavy atom. The van der Waals surface area contributed by atoms with E-state index in [1.807, 2.05) is 30.7 Å². The Balaban J connectivity index is 1.64. The lowest BCUT2D eigenvalue weighted by molar-refractivity contribution is -0.199. The van der Waals surface area contributed by atoms with Crippen LogP contribution in [-0.2, 0) is 18.6 Å². The molecular weight excluding hydrogens is 424 g/mol. The molecule has 2 saturated heterocycles. The third-order valence-electron chi connectivity index (χ3n) is 6.36.